The van der Waals surface area contributed by atoms with E-state index in [9.17, 15) is 4.79 Å². The summed E-state index contributed by atoms with van der Waals surface area (Å²) in [5, 5.41) is 0. The van der Waals surface area contributed by atoms with E-state index < -0.39 is 5.91 Å². The summed E-state index contributed by atoms with van der Waals surface area (Å²) in [6, 6.07) is 0. The normalized spacial score (nSPS) is 11.2. The van der Waals surface area contributed by atoms with Crippen molar-refractivity contribution in [1.29, 1.82) is 0 Å². The number of amides is 1. The van der Waals surface area contributed by atoms with Gasteiger partial charge in [-0.3, -0.25) is 6.08 Å². The number of halogens is 2. The van der Waals surface area contributed by atoms with E-state index in [2.05, 4.69) is 32.2 Å². The van der Waals surface area contributed by atoms with Crippen molar-refractivity contribution in [3.05, 3.63) is 30.0 Å². The smallest absolute Gasteiger partial charge is 1.00 e. The Morgan fingerprint density at radius 1 is 1.33 bits per heavy atom. The summed E-state index contributed by atoms with van der Waals surface area (Å²) in [6.07, 6.45) is 13.9. The van der Waals surface area contributed by atoms with E-state index in [1.807, 2.05) is 19.1 Å². The Bertz CT molecular complexity index is 242. The van der Waals surface area contributed by atoms with Gasteiger partial charge < -0.3 is 35.3 Å². The Labute approximate surface area is 161 Å². The van der Waals surface area contributed by atoms with Crippen LogP contribution >= 0.6 is 0 Å². The number of allylic oxidation sites excluding steroid dienone is 4. The summed E-state index contributed by atoms with van der Waals surface area (Å²) in [5.41, 5.74) is 6.87. The summed E-state index contributed by atoms with van der Waals surface area (Å²) in [5.74, 6) is -0.393. The summed E-state index contributed by atoms with van der Waals surface area (Å²) >= 11 is 0. The first-order valence-corrected chi connectivity index (χ1v) is 9.15. The standard InChI is InChI=1S/C8H17NO.C5H5.C2H7Si.2ClH.Ti/c1-3-5-6-7(4-2)8(9)10;1-2-4-5-3-1;1-3-2;;;/h7H,3-6H2,1-2H3,(H2,9,10);1-3H,4H2;3H,1-2H3;2*1H;/q;-1;;;;+4/p-3. The minimum Gasteiger partial charge on any atom is -1.00 e. The molecule has 1 unspecified atom stereocenters. The second-order valence-corrected chi connectivity index (χ2v) is 5.35. The minimum atomic E-state index is -0.393. The molecule has 1 rings (SSSR count). The van der Waals surface area contributed by atoms with Crippen molar-refractivity contribution < 1.29 is 51.3 Å². The molecule has 1 aliphatic carbocycles. The molecule has 0 fully saturated rings. The number of carbonyl (C=O) groups is 1. The summed E-state index contributed by atoms with van der Waals surface area (Å²) in [4.78, 5) is 10.5. The fraction of sp³-hybridized carbons (Fsp3) is 0.667. The molecule has 0 bridgehead atoms. The van der Waals surface area contributed by atoms with E-state index in [1.54, 1.807) is 0 Å². The summed E-state index contributed by atoms with van der Waals surface area (Å²) in [6.45, 7) is 8.48. The first-order valence-electron chi connectivity index (χ1n) is 6.85. The minimum absolute atomic E-state index is 0. The van der Waals surface area contributed by atoms with Crippen molar-refractivity contribution in [2.45, 2.75) is 59.0 Å². The second kappa shape index (κ2) is 28.6. The molecule has 1 amide bonds. The number of hydrogen-bond donors (Lipinski definition) is 0. The van der Waals surface area contributed by atoms with Crippen molar-refractivity contribution >= 4 is 15.4 Å². The van der Waals surface area contributed by atoms with Crippen LogP contribution in [0.5, 0.6) is 0 Å². The van der Waals surface area contributed by atoms with E-state index >= 15 is 0 Å². The molecule has 0 spiro atoms. The van der Waals surface area contributed by atoms with Crippen molar-refractivity contribution in [2.24, 2.45) is 5.92 Å². The molecular formula is C15H28Cl2NOSiTi. The van der Waals surface area contributed by atoms with Crippen LogP contribution in [0.25, 0.3) is 5.73 Å². The first kappa shape index (κ1) is 33.2. The van der Waals surface area contributed by atoms with Crippen LogP contribution in [0.3, 0.4) is 0 Å². The third kappa shape index (κ3) is 29.2. The molecule has 1 N–H and O–H groups in total. The number of hydrogen-bond acceptors (Lipinski definition) is 1. The van der Waals surface area contributed by atoms with E-state index in [-0.39, 0.29) is 52.4 Å². The fourth-order valence-electron chi connectivity index (χ4n) is 1.31. The molecule has 21 heavy (non-hydrogen) atoms. The molecule has 1 radical (unpaired) electrons. The predicted molar refractivity (Wildman–Crippen MR) is 83.1 cm³/mol. The third-order valence-electron chi connectivity index (χ3n) is 2.36. The zero-order valence-electron chi connectivity index (χ0n) is 13.6. The molecule has 6 heteroatoms. The van der Waals surface area contributed by atoms with Crippen LogP contribution in [0.1, 0.15) is 46.0 Å². The van der Waals surface area contributed by atoms with Gasteiger partial charge in [-0.25, -0.2) is 12.2 Å². The maximum Gasteiger partial charge on any atom is 4.00 e. The van der Waals surface area contributed by atoms with Gasteiger partial charge in [-0.1, -0.05) is 39.8 Å². The number of nitrogens with one attached hydrogen (secondary N) is 1. The van der Waals surface area contributed by atoms with E-state index in [0.717, 1.165) is 41.6 Å². The van der Waals surface area contributed by atoms with Crippen molar-refractivity contribution in [3.8, 4) is 0 Å². The molecule has 0 aromatic carbocycles. The zero-order valence-corrected chi connectivity index (χ0v) is 17.8. The van der Waals surface area contributed by atoms with Crippen LogP contribution < -0.4 is 24.8 Å². The summed E-state index contributed by atoms with van der Waals surface area (Å²) in [7, 11) is 0.750. The molecule has 1 aliphatic rings. The predicted octanol–water partition coefficient (Wildman–Crippen LogP) is -1.39. The van der Waals surface area contributed by atoms with Crippen LogP contribution in [0, 0.1) is 12.0 Å². The Kier molecular flexibility index (Phi) is 45.2. The second-order valence-electron chi connectivity index (χ2n) is 4.19. The molecule has 0 aliphatic heterocycles. The summed E-state index contributed by atoms with van der Waals surface area (Å²) < 4.78 is 0. The van der Waals surface area contributed by atoms with E-state index in [0.29, 0.717) is 0 Å². The SMILES string of the molecule is CCCCC(CC)C([NH-])=O.C[SiH]C.[C-]1=CC=CC1.[Cl-].[Cl-].[Ti+4]. The molecule has 0 aromatic heterocycles. The number of rotatable bonds is 5. The van der Waals surface area contributed by atoms with Gasteiger partial charge in [0, 0.05) is 9.52 Å². The molecule has 121 valence electrons. The fourth-order valence-corrected chi connectivity index (χ4v) is 1.31. The molecular weight excluding hydrogens is 357 g/mol. The van der Waals surface area contributed by atoms with Gasteiger partial charge in [0.15, 0.2) is 0 Å². The van der Waals surface area contributed by atoms with Crippen molar-refractivity contribution in [1.82, 2.24) is 0 Å². The maximum atomic E-state index is 10.5. The van der Waals surface area contributed by atoms with Gasteiger partial charge in [0.25, 0.3) is 0 Å². The Morgan fingerprint density at radius 2 is 1.86 bits per heavy atom. The van der Waals surface area contributed by atoms with Crippen LogP contribution in [-0.2, 0) is 26.5 Å². The Hall–Kier alpha value is 0.461. The monoisotopic (exact) mass is 384 g/mol. The van der Waals surface area contributed by atoms with Crippen molar-refractivity contribution in [2.75, 3.05) is 0 Å². The Morgan fingerprint density at radius 3 is 2.05 bits per heavy atom. The molecule has 0 saturated heterocycles. The molecule has 0 heterocycles. The maximum absolute atomic E-state index is 10.5. The first-order chi connectivity index (χ1) is 8.63. The molecule has 0 saturated carbocycles. The number of unbranched alkanes of at least 4 members (excludes halogenated alkanes) is 1. The topological polar surface area (TPSA) is 40.9 Å². The van der Waals surface area contributed by atoms with E-state index in [4.69, 9.17) is 5.73 Å². The van der Waals surface area contributed by atoms with Crippen LogP contribution in [-0.4, -0.2) is 15.4 Å². The van der Waals surface area contributed by atoms with Crippen LogP contribution in [0.15, 0.2) is 18.2 Å². The van der Waals surface area contributed by atoms with Gasteiger partial charge in [-0.05, 0) is 18.8 Å². The van der Waals surface area contributed by atoms with Gasteiger partial charge in [-0.15, -0.1) is 6.42 Å². The Balaban J connectivity index is -0.0000000662. The average molecular weight is 385 g/mol. The molecule has 2 nitrogen and oxygen atoms in total. The van der Waals surface area contributed by atoms with Gasteiger partial charge in [0.2, 0.25) is 0 Å². The van der Waals surface area contributed by atoms with Crippen LogP contribution in [0.2, 0.25) is 13.1 Å². The largest absolute Gasteiger partial charge is 4.00 e. The van der Waals surface area contributed by atoms with Gasteiger partial charge in [0.1, 0.15) is 0 Å². The average Bonchev–Trinajstić information content (AvgIpc) is 2.89. The zero-order chi connectivity index (χ0) is 14.2. The third-order valence-corrected chi connectivity index (χ3v) is 2.36. The van der Waals surface area contributed by atoms with Crippen LogP contribution in [0.4, 0.5) is 0 Å². The van der Waals surface area contributed by atoms with Gasteiger partial charge in [0.05, 0.1) is 5.91 Å². The molecule has 0 aromatic rings. The van der Waals surface area contributed by atoms with E-state index in [1.165, 1.54) is 0 Å². The quantitative estimate of drug-likeness (QED) is 0.425. The van der Waals surface area contributed by atoms with Gasteiger partial charge >= 0.3 is 21.7 Å². The molecule has 1 atom stereocenters. The van der Waals surface area contributed by atoms with Crippen molar-refractivity contribution in [3.63, 3.8) is 0 Å². The van der Waals surface area contributed by atoms with Gasteiger partial charge in [-0.2, -0.15) is 6.08 Å². The number of carbonyl (C=O) groups excluding carboxylic acids is 1.